The van der Waals surface area contributed by atoms with Crippen LogP contribution >= 0.6 is 0 Å². The minimum Gasteiger partial charge on any atom is -0.402 e. The third-order valence-corrected chi connectivity index (χ3v) is 3.46. The van der Waals surface area contributed by atoms with Crippen LogP contribution in [-0.4, -0.2) is 5.91 Å². The van der Waals surface area contributed by atoms with Gasteiger partial charge in [0.15, 0.2) is 0 Å². The molecule has 1 rings (SSSR count). The number of hydrogen-bond donors (Lipinski definition) is 2. The molecule has 0 fully saturated rings. The Morgan fingerprint density at radius 3 is 2.30 bits per heavy atom. The summed E-state index contributed by atoms with van der Waals surface area (Å²) in [4.78, 5) is 10.9. The van der Waals surface area contributed by atoms with Crippen molar-refractivity contribution in [2.45, 2.75) is 47.1 Å². The van der Waals surface area contributed by atoms with Crippen molar-refractivity contribution in [3.63, 3.8) is 0 Å². The molecule has 0 saturated heterocycles. The molecule has 0 spiro atoms. The second-order valence-electron chi connectivity index (χ2n) is 5.96. The lowest BCUT2D eigenvalue weighted by Gasteiger charge is -2.18. The number of hydrogen-bond acceptors (Lipinski definition) is 2. The Morgan fingerprint density at radius 1 is 1.25 bits per heavy atom. The van der Waals surface area contributed by atoms with E-state index < -0.39 is 0 Å². The number of nitrogens with two attached hydrogens (primary N) is 1. The molecule has 20 heavy (non-hydrogen) atoms. The molecule has 0 aliphatic rings. The lowest BCUT2D eigenvalue weighted by molar-refractivity contribution is -0.119. The molecule has 1 amide bonds. The van der Waals surface area contributed by atoms with E-state index in [1.807, 2.05) is 12.1 Å². The zero-order chi connectivity index (χ0) is 15.2. The van der Waals surface area contributed by atoms with Crippen LogP contribution in [0.3, 0.4) is 0 Å². The number of carbonyl (C=O) groups is 1. The van der Waals surface area contributed by atoms with E-state index in [1.165, 1.54) is 12.5 Å². The second kappa shape index (κ2) is 7.13. The summed E-state index contributed by atoms with van der Waals surface area (Å²) >= 11 is 0. The van der Waals surface area contributed by atoms with Gasteiger partial charge in [-0.15, -0.1) is 0 Å². The first-order valence-electron chi connectivity index (χ1n) is 7.12. The van der Waals surface area contributed by atoms with Crippen LogP contribution in [0.5, 0.6) is 0 Å². The highest BCUT2D eigenvalue weighted by Gasteiger charge is 2.11. The average Bonchev–Trinajstić information content (AvgIpc) is 2.37. The maximum atomic E-state index is 10.9. The van der Waals surface area contributed by atoms with Gasteiger partial charge in [0.25, 0.3) is 0 Å². The zero-order valence-corrected chi connectivity index (χ0v) is 13.0. The monoisotopic (exact) mass is 274 g/mol. The summed E-state index contributed by atoms with van der Waals surface area (Å²) in [5, 5.41) is 2.79. The molecule has 0 unspecified atom stereocenters. The van der Waals surface area contributed by atoms with Crippen molar-refractivity contribution in [3.8, 4) is 0 Å². The van der Waals surface area contributed by atoms with Crippen molar-refractivity contribution >= 4 is 5.91 Å². The summed E-state index contributed by atoms with van der Waals surface area (Å²) in [5.74, 6) is -0.0111. The molecule has 3 heteroatoms. The number of amides is 1. The molecule has 0 aromatic heterocycles. The van der Waals surface area contributed by atoms with E-state index in [0.717, 1.165) is 24.1 Å². The van der Waals surface area contributed by atoms with Gasteiger partial charge in [-0.1, -0.05) is 51.1 Å². The van der Waals surface area contributed by atoms with Crippen molar-refractivity contribution in [2.75, 3.05) is 0 Å². The Labute approximate surface area is 122 Å². The summed E-state index contributed by atoms with van der Waals surface area (Å²) in [6.45, 7) is 8.65. The fraction of sp³-hybridized carbons (Fsp3) is 0.471. The standard InChI is InChI=1S/C17H26N2O/c1-5-17(3,4)11-16(18)10-14-6-8-15(9-7-14)12-19-13(2)20/h6-9,11H,5,10,12,18H2,1-4H3,(H,19,20)/b16-11-. The van der Waals surface area contributed by atoms with Crippen molar-refractivity contribution in [3.05, 3.63) is 47.2 Å². The minimum atomic E-state index is -0.0111. The number of carbonyl (C=O) groups excluding carboxylic acids is 1. The van der Waals surface area contributed by atoms with Crippen LogP contribution in [0.1, 0.15) is 45.2 Å². The normalized spacial score (nSPS) is 12.3. The first-order valence-corrected chi connectivity index (χ1v) is 7.12. The van der Waals surface area contributed by atoms with Gasteiger partial charge in [0.1, 0.15) is 0 Å². The maximum Gasteiger partial charge on any atom is 0.217 e. The van der Waals surface area contributed by atoms with Crippen molar-refractivity contribution in [1.82, 2.24) is 5.32 Å². The molecule has 3 nitrogen and oxygen atoms in total. The molecular formula is C17H26N2O. The first-order chi connectivity index (χ1) is 9.32. The summed E-state index contributed by atoms with van der Waals surface area (Å²) in [6.07, 6.45) is 3.99. The smallest absolute Gasteiger partial charge is 0.217 e. The van der Waals surface area contributed by atoms with Gasteiger partial charge < -0.3 is 11.1 Å². The Bertz CT molecular complexity index is 472. The van der Waals surface area contributed by atoms with Crippen LogP contribution in [-0.2, 0) is 17.8 Å². The predicted molar refractivity (Wildman–Crippen MR) is 84.0 cm³/mol. The molecule has 0 heterocycles. The van der Waals surface area contributed by atoms with Gasteiger partial charge in [-0.2, -0.15) is 0 Å². The van der Waals surface area contributed by atoms with Gasteiger partial charge in [0, 0.05) is 25.6 Å². The number of rotatable bonds is 6. The third-order valence-electron chi connectivity index (χ3n) is 3.46. The average molecular weight is 274 g/mol. The highest BCUT2D eigenvalue weighted by molar-refractivity contribution is 5.72. The minimum absolute atomic E-state index is 0.0111. The van der Waals surface area contributed by atoms with E-state index in [-0.39, 0.29) is 11.3 Å². The zero-order valence-electron chi connectivity index (χ0n) is 13.0. The Balaban J connectivity index is 2.63. The molecule has 1 aromatic carbocycles. The van der Waals surface area contributed by atoms with Crippen molar-refractivity contribution in [2.24, 2.45) is 11.1 Å². The highest BCUT2D eigenvalue weighted by atomic mass is 16.1. The Hall–Kier alpha value is -1.77. The lowest BCUT2D eigenvalue weighted by Crippen LogP contribution is -2.18. The summed E-state index contributed by atoms with van der Waals surface area (Å²) in [5.41, 5.74) is 9.45. The van der Waals surface area contributed by atoms with Gasteiger partial charge in [0.2, 0.25) is 5.91 Å². The third kappa shape index (κ3) is 5.91. The molecular weight excluding hydrogens is 248 g/mol. The molecule has 3 N–H and O–H groups in total. The van der Waals surface area contributed by atoms with Crippen LogP contribution in [0.15, 0.2) is 36.0 Å². The molecule has 0 bridgehead atoms. The lowest BCUT2D eigenvalue weighted by atomic mass is 9.88. The fourth-order valence-corrected chi connectivity index (χ4v) is 1.89. The van der Waals surface area contributed by atoms with Gasteiger partial charge >= 0.3 is 0 Å². The SMILES string of the molecule is CCC(C)(C)/C=C(\N)Cc1ccc(CNC(C)=O)cc1. The van der Waals surface area contributed by atoms with Gasteiger partial charge in [-0.3, -0.25) is 4.79 Å². The molecule has 0 aliphatic heterocycles. The van der Waals surface area contributed by atoms with Crippen LogP contribution in [0.2, 0.25) is 0 Å². The highest BCUT2D eigenvalue weighted by Crippen LogP contribution is 2.23. The van der Waals surface area contributed by atoms with Crippen LogP contribution < -0.4 is 11.1 Å². The van der Waals surface area contributed by atoms with Crippen LogP contribution in [0.4, 0.5) is 0 Å². The van der Waals surface area contributed by atoms with E-state index in [0.29, 0.717) is 6.54 Å². The topological polar surface area (TPSA) is 55.1 Å². The van der Waals surface area contributed by atoms with Crippen molar-refractivity contribution in [1.29, 1.82) is 0 Å². The van der Waals surface area contributed by atoms with E-state index >= 15 is 0 Å². The quantitative estimate of drug-likeness (QED) is 0.837. The van der Waals surface area contributed by atoms with Crippen molar-refractivity contribution < 1.29 is 4.79 Å². The first kappa shape index (κ1) is 16.3. The molecule has 0 saturated carbocycles. The van der Waals surface area contributed by atoms with E-state index in [4.69, 9.17) is 5.73 Å². The Morgan fingerprint density at radius 2 is 1.80 bits per heavy atom. The van der Waals surface area contributed by atoms with E-state index in [9.17, 15) is 4.79 Å². The number of benzene rings is 1. The second-order valence-corrected chi connectivity index (χ2v) is 5.96. The summed E-state index contributed by atoms with van der Waals surface area (Å²) in [6, 6.07) is 8.20. The molecule has 0 radical (unpaired) electrons. The molecule has 1 aromatic rings. The Kier molecular flexibility index (Phi) is 5.81. The van der Waals surface area contributed by atoms with Gasteiger partial charge in [-0.25, -0.2) is 0 Å². The van der Waals surface area contributed by atoms with Crippen LogP contribution in [0.25, 0.3) is 0 Å². The predicted octanol–water partition coefficient (Wildman–Crippen LogP) is 3.14. The molecule has 0 atom stereocenters. The summed E-state index contributed by atoms with van der Waals surface area (Å²) < 4.78 is 0. The largest absolute Gasteiger partial charge is 0.402 e. The van der Waals surface area contributed by atoms with E-state index in [2.05, 4.69) is 44.3 Å². The fourth-order valence-electron chi connectivity index (χ4n) is 1.89. The molecule has 0 aliphatic carbocycles. The van der Waals surface area contributed by atoms with Gasteiger partial charge in [-0.05, 0) is 23.0 Å². The number of allylic oxidation sites excluding steroid dienone is 2. The number of nitrogens with one attached hydrogen (secondary N) is 1. The van der Waals surface area contributed by atoms with Crippen LogP contribution in [0, 0.1) is 5.41 Å². The molecule has 110 valence electrons. The van der Waals surface area contributed by atoms with E-state index in [1.54, 1.807) is 0 Å². The van der Waals surface area contributed by atoms with Gasteiger partial charge in [0.05, 0.1) is 0 Å². The maximum absolute atomic E-state index is 10.9. The summed E-state index contributed by atoms with van der Waals surface area (Å²) in [7, 11) is 0.